The molecule has 0 aliphatic rings. The highest BCUT2D eigenvalue weighted by Crippen LogP contribution is 2.33. The zero-order valence-electron chi connectivity index (χ0n) is 14.0. The van der Waals surface area contributed by atoms with Crippen LogP contribution in [0.25, 0.3) is 0 Å². The molecule has 0 N–H and O–H groups in total. The molecule has 1 aromatic carbocycles. The SMILES string of the molecule is COC(=O)C(CC(C)C)(CC(C)C)N=Nc1ccccc1Br. The maximum absolute atomic E-state index is 12.4. The Bertz CT molecular complexity index is 517. The van der Waals surface area contributed by atoms with Gasteiger partial charge >= 0.3 is 5.97 Å². The Kier molecular flexibility index (Phi) is 7.20. The lowest BCUT2D eigenvalue weighted by atomic mass is 9.82. The minimum absolute atomic E-state index is 0.314. The number of esters is 1. The topological polar surface area (TPSA) is 51.0 Å². The van der Waals surface area contributed by atoms with Crippen LogP contribution in [0.15, 0.2) is 39.0 Å². The molecule has 0 bridgehead atoms. The lowest BCUT2D eigenvalue weighted by Gasteiger charge is -2.29. The van der Waals surface area contributed by atoms with Gasteiger partial charge in [0.1, 0.15) is 0 Å². The quantitative estimate of drug-likeness (QED) is 0.468. The van der Waals surface area contributed by atoms with Crippen molar-refractivity contribution < 1.29 is 9.53 Å². The molecule has 0 heterocycles. The zero-order chi connectivity index (χ0) is 16.8. The van der Waals surface area contributed by atoms with E-state index in [1.54, 1.807) is 0 Å². The van der Waals surface area contributed by atoms with Crippen LogP contribution in [0.4, 0.5) is 5.69 Å². The number of hydrogen-bond acceptors (Lipinski definition) is 4. The fourth-order valence-electron chi connectivity index (χ4n) is 2.60. The van der Waals surface area contributed by atoms with Gasteiger partial charge in [-0.15, -0.1) is 0 Å². The van der Waals surface area contributed by atoms with Crippen molar-refractivity contribution in [3.8, 4) is 0 Å². The van der Waals surface area contributed by atoms with Crippen LogP contribution >= 0.6 is 15.9 Å². The van der Waals surface area contributed by atoms with E-state index in [2.05, 4.69) is 53.9 Å². The van der Waals surface area contributed by atoms with Crippen molar-refractivity contribution in [3.63, 3.8) is 0 Å². The highest BCUT2D eigenvalue weighted by molar-refractivity contribution is 9.10. The molecule has 0 saturated heterocycles. The number of carbonyl (C=O) groups is 1. The second kappa shape index (κ2) is 8.42. The molecule has 5 heteroatoms. The molecule has 0 aliphatic heterocycles. The van der Waals surface area contributed by atoms with Gasteiger partial charge in [-0.1, -0.05) is 39.8 Å². The lowest BCUT2D eigenvalue weighted by molar-refractivity contribution is -0.148. The summed E-state index contributed by atoms with van der Waals surface area (Å²) in [5.41, 5.74) is -0.213. The van der Waals surface area contributed by atoms with Gasteiger partial charge in [0.2, 0.25) is 0 Å². The number of carbonyl (C=O) groups excluding carboxylic acids is 1. The molecule has 0 unspecified atom stereocenters. The summed E-state index contributed by atoms with van der Waals surface area (Å²) in [6.07, 6.45) is 1.23. The summed E-state index contributed by atoms with van der Waals surface area (Å²) in [4.78, 5) is 12.4. The first-order valence-corrected chi connectivity index (χ1v) is 8.36. The van der Waals surface area contributed by atoms with Crippen molar-refractivity contribution in [3.05, 3.63) is 28.7 Å². The average Bonchev–Trinajstić information content (AvgIpc) is 2.44. The fourth-order valence-corrected chi connectivity index (χ4v) is 2.96. The summed E-state index contributed by atoms with van der Waals surface area (Å²) < 4.78 is 5.89. The average molecular weight is 369 g/mol. The minimum Gasteiger partial charge on any atom is -0.467 e. The van der Waals surface area contributed by atoms with Gasteiger partial charge < -0.3 is 4.74 Å². The minimum atomic E-state index is -0.924. The van der Waals surface area contributed by atoms with Crippen LogP contribution in [0.5, 0.6) is 0 Å². The largest absolute Gasteiger partial charge is 0.467 e. The Morgan fingerprint density at radius 1 is 1.18 bits per heavy atom. The first-order valence-electron chi connectivity index (χ1n) is 7.56. The number of rotatable bonds is 7. The number of benzene rings is 1. The van der Waals surface area contributed by atoms with E-state index in [4.69, 9.17) is 4.74 Å². The van der Waals surface area contributed by atoms with E-state index >= 15 is 0 Å². The van der Waals surface area contributed by atoms with Crippen LogP contribution in [-0.4, -0.2) is 18.6 Å². The molecule has 0 atom stereocenters. The van der Waals surface area contributed by atoms with E-state index < -0.39 is 5.54 Å². The molecule has 4 nitrogen and oxygen atoms in total. The standard InChI is InChI=1S/C17H25BrN2O2/c1-12(2)10-17(11-13(3)4,16(21)22-5)20-19-15-9-7-6-8-14(15)18/h6-9,12-13H,10-11H2,1-5H3. The molecule has 0 aromatic heterocycles. The molecule has 0 aliphatic carbocycles. The Balaban J connectivity index is 3.22. The molecular weight excluding hydrogens is 344 g/mol. The first-order chi connectivity index (χ1) is 10.3. The number of ether oxygens (including phenoxy) is 1. The van der Waals surface area contributed by atoms with E-state index in [0.29, 0.717) is 30.4 Å². The van der Waals surface area contributed by atoms with Gasteiger partial charge in [0.25, 0.3) is 0 Å². The predicted octanol–water partition coefficient (Wildman–Crippen LogP) is 5.54. The monoisotopic (exact) mass is 368 g/mol. The Hall–Kier alpha value is -1.23. The van der Waals surface area contributed by atoms with Crippen LogP contribution in [-0.2, 0) is 9.53 Å². The second-order valence-corrected chi connectivity index (χ2v) is 7.22. The van der Waals surface area contributed by atoms with Crippen molar-refractivity contribution >= 4 is 27.6 Å². The van der Waals surface area contributed by atoms with Crippen LogP contribution in [0.2, 0.25) is 0 Å². The second-order valence-electron chi connectivity index (χ2n) is 6.37. The van der Waals surface area contributed by atoms with Crippen molar-refractivity contribution in [1.29, 1.82) is 0 Å². The summed E-state index contributed by atoms with van der Waals surface area (Å²) in [5, 5.41) is 8.79. The van der Waals surface area contributed by atoms with Gasteiger partial charge in [0.05, 0.1) is 12.8 Å². The fraction of sp³-hybridized carbons (Fsp3) is 0.588. The first kappa shape index (κ1) is 18.8. The summed E-state index contributed by atoms with van der Waals surface area (Å²) in [6, 6.07) is 7.57. The van der Waals surface area contributed by atoms with Crippen molar-refractivity contribution in [1.82, 2.24) is 0 Å². The molecule has 0 fully saturated rings. The number of methoxy groups -OCH3 is 1. The molecule has 0 saturated carbocycles. The maximum Gasteiger partial charge on any atom is 0.335 e. The van der Waals surface area contributed by atoms with E-state index in [0.717, 1.165) is 4.47 Å². The van der Waals surface area contributed by atoms with Crippen LogP contribution in [0.3, 0.4) is 0 Å². The summed E-state index contributed by atoms with van der Waals surface area (Å²) in [7, 11) is 1.41. The molecule has 122 valence electrons. The number of azo groups is 1. The Morgan fingerprint density at radius 2 is 1.73 bits per heavy atom. The van der Waals surface area contributed by atoms with Crippen LogP contribution in [0.1, 0.15) is 40.5 Å². The van der Waals surface area contributed by atoms with E-state index in [1.165, 1.54) is 7.11 Å². The highest BCUT2D eigenvalue weighted by Gasteiger charge is 2.41. The molecular formula is C17H25BrN2O2. The molecule has 1 aromatic rings. The third kappa shape index (κ3) is 5.20. The van der Waals surface area contributed by atoms with Gasteiger partial charge in [0, 0.05) is 4.47 Å². The lowest BCUT2D eigenvalue weighted by Crippen LogP contribution is -2.40. The van der Waals surface area contributed by atoms with Gasteiger partial charge in [-0.3, -0.25) is 0 Å². The molecule has 1 rings (SSSR count). The Morgan fingerprint density at radius 3 is 2.18 bits per heavy atom. The van der Waals surface area contributed by atoms with Gasteiger partial charge in [-0.05, 0) is 52.7 Å². The smallest absolute Gasteiger partial charge is 0.335 e. The van der Waals surface area contributed by atoms with E-state index in [-0.39, 0.29) is 5.97 Å². The summed E-state index contributed by atoms with van der Waals surface area (Å²) in [6.45, 7) is 8.30. The molecule has 0 spiro atoms. The van der Waals surface area contributed by atoms with Crippen LogP contribution in [0, 0.1) is 11.8 Å². The summed E-state index contributed by atoms with van der Waals surface area (Å²) in [5.74, 6) is 0.317. The third-order valence-corrected chi connectivity index (χ3v) is 3.93. The van der Waals surface area contributed by atoms with Gasteiger partial charge in [0.15, 0.2) is 5.54 Å². The zero-order valence-corrected chi connectivity index (χ0v) is 15.6. The summed E-state index contributed by atoms with van der Waals surface area (Å²) >= 11 is 3.45. The number of hydrogen-bond donors (Lipinski definition) is 0. The van der Waals surface area contributed by atoms with Crippen LogP contribution < -0.4 is 0 Å². The highest BCUT2D eigenvalue weighted by atomic mass is 79.9. The van der Waals surface area contributed by atoms with E-state index in [9.17, 15) is 4.79 Å². The number of halogens is 1. The number of nitrogens with zero attached hydrogens (tertiary/aromatic N) is 2. The maximum atomic E-state index is 12.4. The molecule has 0 radical (unpaired) electrons. The van der Waals surface area contributed by atoms with Crippen molar-refractivity contribution in [2.75, 3.05) is 7.11 Å². The van der Waals surface area contributed by atoms with E-state index in [1.807, 2.05) is 24.3 Å². The normalized spacial score (nSPS) is 12.4. The van der Waals surface area contributed by atoms with Gasteiger partial charge in [-0.2, -0.15) is 10.2 Å². The van der Waals surface area contributed by atoms with Crippen molar-refractivity contribution in [2.45, 2.75) is 46.1 Å². The van der Waals surface area contributed by atoms with Gasteiger partial charge in [-0.25, -0.2) is 4.79 Å². The van der Waals surface area contributed by atoms with Crippen molar-refractivity contribution in [2.24, 2.45) is 22.1 Å². The molecule has 0 amide bonds. The third-order valence-electron chi connectivity index (χ3n) is 3.26. The molecule has 22 heavy (non-hydrogen) atoms. The Labute approximate surface area is 141 Å². The predicted molar refractivity (Wildman–Crippen MR) is 92.3 cm³/mol.